The Morgan fingerprint density at radius 2 is 2.53 bits per heavy atom. The van der Waals surface area contributed by atoms with Crippen molar-refractivity contribution in [1.29, 1.82) is 0 Å². The standard InChI is InChI=1S/C13H19N3O.H2/c1-3-10-4-5-14-12(7-10)16-13(17)11-6-9(2)8-15-11;/h4-5,7,9,11,15H,3,6,8H2,1-2H3,(H,14,16,17);1H/t9-,11+;/m1./s1. The van der Waals surface area contributed by atoms with E-state index in [9.17, 15) is 4.79 Å². The lowest BCUT2D eigenvalue weighted by molar-refractivity contribution is -0.117. The summed E-state index contributed by atoms with van der Waals surface area (Å²) < 4.78 is 0. The van der Waals surface area contributed by atoms with Gasteiger partial charge >= 0.3 is 0 Å². The topological polar surface area (TPSA) is 54.0 Å². The van der Waals surface area contributed by atoms with Crippen LogP contribution < -0.4 is 10.6 Å². The highest BCUT2D eigenvalue weighted by Crippen LogP contribution is 2.15. The van der Waals surface area contributed by atoms with Crippen molar-refractivity contribution < 1.29 is 6.22 Å². The van der Waals surface area contributed by atoms with Crippen LogP contribution in [0.4, 0.5) is 5.82 Å². The number of aromatic nitrogens is 1. The Morgan fingerprint density at radius 3 is 3.18 bits per heavy atom. The van der Waals surface area contributed by atoms with E-state index in [1.165, 1.54) is 5.56 Å². The second-order valence-corrected chi connectivity index (χ2v) is 4.69. The van der Waals surface area contributed by atoms with E-state index in [1.807, 2.05) is 12.1 Å². The molecule has 1 aliphatic heterocycles. The number of nitrogens with one attached hydrogen (secondary N) is 2. The molecule has 0 unspecified atom stereocenters. The molecule has 0 aromatic carbocycles. The van der Waals surface area contributed by atoms with Gasteiger partial charge in [-0.1, -0.05) is 13.8 Å². The number of hydrogen-bond acceptors (Lipinski definition) is 3. The van der Waals surface area contributed by atoms with E-state index in [-0.39, 0.29) is 13.4 Å². The summed E-state index contributed by atoms with van der Waals surface area (Å²) in [5.41, 5.74) is 1.18. The summed E-state index contributed by atoms with van der Waals surface area (Å²) >= 11 is 0. The van der Waals surface area contributed by atoms with E-state index in [0.29, 0.717) is 11.7 Å². The number of anilines is 1. The highest BCUT2D eigenvalue weighted by atomic mass is 16.2. The molecule has 1 saturated heterocycles. The van der Waals surface area contributed by atoms with E-state index < -0.39 is 0 Å². The molecule has 2 N–H and O–H groups in total. The van der Waals surface area contributed by atoms with Gasteiger partial charge in [0.15, 0.2) is 0 Å². The molecule has 2 heterocycles. The van der Waals surface area contributed by atoms with Gasteiger partial charge in [0.1, 0.15) is 5.82 Å². The van der Waals surface area contributed by atoms with Crippen molar-refractivity contribution in [3.8, 4) is 0 Å². The lowest BCUT2D eigenvalue weighted by atomic mass is 10.1. The zero-order valence-electron chi connectivity index (χ0n) is 10.4. The predicted molar refractivity (Wildman–Crippen MR) is 69.9 cm³/mol. The van der Waals surface area contributed by atoms with Gasteiger partial charge in [-0.2, -0.15) is 0 Å². The van der Waals surface area contributed by atoms with Crippen molar-refractivity contribution in [3.63, 3.8) is 0 Å². The maximum Gasteiger partial charge on any atom is 0.242 e. The van der Waals surface area contributed by atoms with Crippen LogP contribution in [0.1, 0.15) is 27.3 Å². The number of amides is 1. The van der Waals surface area contributed by atoms with E-state index in [1.54, 1.807) is 6.20 Å². The average Bonchev–Trinajstić information content (AvgIpc) is 2.76. The zero-order valence-corrected chi connectivity index (χ0v) is 10.4. The molecule has 0 radical (unpaired) electrons. The Bertz CT molecular complexity index is 411. The van der Waals surface area contributed by atoms with Crippen LogP contribution in [0.2, 0.25) is 0 Å². The van der Waals surface area contributed by atoms with Crippen LogP contribution in [-0.2, 0) is 11.2 Å². The summed E-state index contributed by atoms with van der Waals surface area (Å²) in [5.74, 6) is 1.24. The first-order valence-electron chi connectivity index (χ1n) is 6.18. The summed E-state index contributed by atoms with van der Waals surface area (Å²) in [5, 5.41) is 6.08. The second kappa shape index (κ2) is 5.27. The van der Waals surface area contributed by atoms with Gasteiger partial charge < -0.3 is 10.6 Å². The fourth-order valence-corrected chi connectivity index (χ4v) is 2.09. The molecular weight excluding hydrogens is 214 g/mol. The van der Waals surface area contributed by atoms with E-state index >= 15 is 0 Å². The van der Waals surface area contributed by atoms with Gasteiger partial charge in [0, 0.05) is 7.62 Å². The Labute approximate surface area is 103 Å². The first kappa shape index (κ1) is 12.0. The molecule has 2 atom stereocenters. The van der Waals surface area contributed by atoms with Gasteiger partial charge in [-0.15, -0.1) is 0 Å². The number of carbonyl (C=O) groups is 1. The Morgan fingerprint density at radius 1 is 1.71 bits per heavy atom. The second-order valence-electron chi connectivity index (χ2n) is 4.69. The summed E-state index contributed by atoms with van der Waals surface area (Å²) in [7, 11) is 0. The molecule has 4 nitrogen and oxygen atoms in total. The molecule has 1 aromatic heterocycles. The normalized spacial score (nSPS) is 23.6. The molecule has 2 rings (SSSR count). The average molecular weight is 235 g/mol. The number of hydrogen-bond donors (Lipinski definition) is 2. The summed E-state index contributed by atoms with van der Waals surface area (Å²) in [4.78, 5) is 16.1. The van der Waals surface area contributed by atoms with Crippen molar-refractivity contribution in [1.82, 2.24) is 10.3 Å². The molecule has 94 valence electrons. The highest BCUT2D eigenvalue weighted by Gasteiger charge is 2.26. The maximum absolute atomic E-state index is 11.9. The minimum Gasteiger partial charge on any atom is -0.309 e. The third-order valence-corrected chi connectivity index (χ3v) is 3.15. The van der Waals surface area contributed by atoms with Gasteiger partial charge in [0.25, 0.3) is 0 Å². The molecule has 1 aliphatic rings. The van der Waals surface area contributed by atoms with Crippen LogP contribution in [0.3, 0.4) is 0 Å². The van der Waals surface area contributed by atoms with Gasteiger partial charge in [-0.3, -0.25) is 4.79 Å². The fraction of sp³-hybridized carbons (Fsp3) is 0.538. The Kier molecular flexibility index (Phi) is 3.74. The maximum atomic E-state index is 11.9. The highest BCUT2D eigenvalue weighted by molar-refractivity contribution is 5.94. The molecule has 4 heteroatoms. The number of rotatable bonds is 3. The molecule has 1 amide bonds. The summed E-state index contributed by atoms with van der Waals surface area (Å²) in [6, 6.07) is 3.82. The third kappa shape index (κ3) is 3.03. The fourth-order valence-electron chi connectivity index (χ4n) is 2.09. The lowest BCUT2D eigenvalue weighted by Gasteiger charge is -2.11. The molecule has 1 fully saturated rings. The van der Waals surface area contributed by atoms with Crippen LogP contribution in [0.15, 0.2) is 18.3 Å². The summed E-state index contributed by atoms with van der Waals surface area (Å²) in [6.07, 6.45) is 3.59. The van der Waals surface area contributed by atoms with E-state index in [4.69, 9.17) is 0 Å². The molecule has 0 aliphatic carbocycles. The van der Waals surface area contributed by atoms with Gasteiger partial charge in [0.05, 0.1) is 6.04 Å². The van der Waals surface area contributed by atoms with Gasteiger partial charge in [-0.25, -0.2) is 4.98 Å². The molecule has 0 spiro atoms. The quantitative estimate of drug-likeness (QED) is 0.840. The van der Waals surface area contributed by atoms with E-state index in [0.717, 1.165) is 19.4 Å². The predicted octanol–water partition coefficient (Wildman–Crippen LogP) is 1.83. The van der Waals surface area contributed by atoms with Crippen LogP contribution in [0.5, 0.6) is 0 Å². The minimum absolute atomic E-state index is 0. The largest absolute Gasteiger partial charge is 0.309 e. The summed E-state index contributed by atoms with van der Waals surface area (Å²) in [6.45, 7) is 5.15. The molecule has 17 heavy (non-hydrogen) atoms. The van der Waals surface area contributed by atoms with Crippen LogP contribution in [-0.4, -0.2) is 23.5 Å². The van der Waals surface area contributed by atoms with Crippen LogP contribution >= 0.6 is 0 Å². The molecule has 0 bridgehead atoms. The number of carbonyl (C=O) groups excluding carboxylic acids is 1. The van der Waals surface area contributed by atoms with Crippen LogP contribution in [0, 0.1) is 5.92 Å². The SMILES string of the molecule is CCc1ccnc(NC(=O)[C@@H]2C[C@@H](C)CN2)c1.[HH]. The van der Waals surface area contributed by atoms with Crippen molar-refractivity contribution in [2.75, 3.05) is 11.9 Å². The van der Waals surface area contributed by atoms with Gasteiger partial charge in [0.2, 0.25) is 5.91 Å². The lowest BCUT2D eigenvalue weighted by Crippen LogP contribution is -2.35. The molecule has 1 aromatic rings. The monoisotopic (exact) mass is 235 g/mol. The smallest absolute Gasteiger partial charge is 0.242 e. The number of aryl methyl sites for hydroxylation is 1. The van der Waals surface area contributed by atoms with Crippen LogP contribution in [0.25, 0.3) is 0 Å². The van der Waals surface area contributed by atoms with Crippen molar-refractivity contribution in [2.45, 2.75) is 32.7 Å². The molecular formula is C13H21N3O. The van der Waals surface area contributed by atoms with Gasteiger partial charge in [-0.05, 0) is 43.0 Å². The zero-order chi connectivity index (χ0) is 12.3. The van der Waals surface area contributed by atoms with Crippen molar-refractivity contribution >= 4 is 11.7 Å². The first-order valence-corrected chi connectivity index (χ1v) is 6.18. The molecule has 0 saturated carbocycles. The minimum atomic E-state index is -0.0721. The number of pyridine rings is 1. The Balaban J connectivity index is 0.00000162. The van der Waals surface area contributed by atoms with Crippen molar-refractivity contribution in [3.05, 3.63) is 23.9 Å². The number of nitrogens with zero attached hydrogens (tertiary/aromatic N) is 1. The third-order valence-electron chi connectivity index (χ3n) is 3.15. The Hall–Kier alpha value is -1.42. The first-order chi connectivity index (χ1) is 8.19. The van der Waals surface area contributed by atoms with E-state index in [2.05, 4.69) is 29.5 Å². The van der Waals surface area contributed by atoms with Crippen molar-refractivity contribution in [2.24, 2.45) is 5.92 Å².